The minimum absolute atomic E-state index is 0.0278. The average molecular weight is 923 g/mol. The molecule has 2 fully saturated rings. The third kappa shape index (κ3) is 18.9. The van der Waals surface area contributed by atoms with E-state index in [1.54, 1.807) is 12.1 Å². The van der Waals surface area contributed by atoms with E-state index in [4.69, 9.17) is 55.4 Å². The van der Waals surface area contributed by atoms with Crippen molar-refractivity contribution in [3.63, 3.8) is 0 Å². The molecule has 0 spiro atoms. The van der Waals surface area contributed by atoms with Crippen LogP contribution in [0.5, 0.6) is 23.0 Å². The summed E-state index contributed by atoms with van der Waals surface area (Å²) in [4.78, 5) is 53.8. The second-order valence-electron chi connectivity index (χ2n) is 13.8. The van der Waals surface area contributed by atoms with E-state index in [2.05, 4.69) is 0 Å². The standard InChI is InChI=1S/C16H18O9.C10H10O4.C9H10O4.C7H12O6/c17-9-3-1-8(5-10(9)18)2-4-13(20)25-12-7-16(24,15(22)23)6-11(19)14(12)21;1-14-9-6-7(2-4-8(9)11)3-5-10(12)13;10-6-1-2-8(5-7-11)3-4-9(12)13;8-3-1-7(13,6(11)12)2-4(9)5(3)10/h1-5,11-12,14,17-19,21,24H,6-7H2,(H,22,23);2-6,11H,1H3,(H,12,13);1-7,10-11H,(H,12,13);3-5,8-10,13H,1-2H2,(H,11,12)/b4-2-;5-3+;4-3+,6-1+,7-5+,8-2-;/t11-,12+,14?,16?;;;3-,4?,5?,7?/m0..0/s1. The molecule has 2 aliphatic rings. The van der Waals surface area contributed by atoms with Crippen molar-refractivity contribution in [1.29, 1.82) is 0 Å². The van der Waals surface area contributed by atoms with Gasteiger partial charge in [0.2, 0.25) is 0 Å². The predicted molar refractivity (Wildman–Crippen MR) is 222 cm³/mol. The molecule has 16 N–H and O–H groups in total. The van der Waals surface area contributed by atoms with E-state index >= 15 is 0 Å². The van der Waals surface area contributed by atoms with Crippen molar-refractivity contribution in [2.45, 2.75) is 73.5 Å². The van der Waals surface area contributed by atoms with Crippen LogP contribution in [-0.2, 0) is 28.7 Å². The first-order valence-corrected chi connectivity index (χ1v) is 18.6. The topological polar surface area (TPSA) is 427 Å². The Balaban J connectivity index is 0.000000457. The number of carboxylic acid groups (broad SMARTS) is 4. The number of phenols is 3. The van der Waals surface area contributed by atoms with Gasteiger partial charge in [-0.05, 0) is 71.3 Å². The Labute approximate surface area is 368 Å². The first kappa shape index (κ1) is 55.8. The van der Waals surface area contributed by atoms with Crippen molar-refractivity contribution >= 4 is 42.0 Å². The van der Waals surface area contributed by atoms with Crippen LogP contribution in [0, 0.1) is 0 Å². The van der Waals surface area contributed by atoms with Crippen LogP contribution < -0.4 is 4.74 Å². The van der Waals surface area contributed by atoms with E-state index in [-0.39, 0.29) is 17.2 Å². The summed E-state index contributed by atoms with van der Waals surface area (Å²) in [5.74, 6) is -6.50. The van der Waals surface area contributed by atoms with Gasteiger partial charge in [0, 0.05) is 43.9 Å². The second-order valence-corrected chi connectivity index (χ2v) is 13.8. The highest BCUT2D eigenvalue weighted by Crippen LogP contribution is 2.32. The zero-order valence-corrected chi connectivity index (χ0v) is 34.1. The quantitative estimate of drug-likeness (QED) is 0.0445. The highest BCUT2D eigenvalue weighted by Gasteiger charge is 2.50. The first-order chi connectivity index (χ1) is 30.3. The molecule has 0 radical (unpaired) electrons. The van der Waals surface area contributed by atoms with Gasteiger partial charge in [0.25, 0.3) is 0 Å². The number of aliphatic hydroxyl groups excluding tert-OH is 7. The molecule has 0 saturated heterocycles. The lowest BCUT2D eigenvalue weighted by atomic mass is 9.79. The number of aliphatic hydroxyl groups is 9. The lowest BCUT2D eigenvalue weighted by molar-refractivity contribution is -0.196. The summed E-state index contributed by atoms with van der Waals surface area (Å²) in [6, 6.07) is 8.42. The summed E-state index contributed by atoms with van der Waals surface area (Å²) < 4.78 is 9.79. The Hall–Kier alpha value is -7.25. The minimum atomic E-state index is -2.31. The summed E-state index contributed by atoms with van der Waals surface area (Å²) in [6.45, 7) is 0. The summed E-state index contributed by atoms with van der Waals surface area (Å²) >= 11 is 0. The number of phenolic OH excluding ortho intramolecular Hbond substituents is 3. The predicted octanol–water partition coefficient (Wildman–Crippen LogP) is 0.228. The summed E-state index contributed by atoms with van der Waals surface area (Å²) in [5.41, 5.74) is -2.97. The van der Waals surface area contributed by atoms with Crippen molar-refractivity contribution < 1.29 is 115 Å². The molecule has 0 amide bonds. The third-order valence-corrected chi connectivity index (χ3v) is 8.90. The van der Waals surface area contributed by atoms with Gasteiger partial charge in [0.15, 0.2) is 34.2 Å². The number of hydrogen-bond acceptors (Lipinski definition) is 19. The number of carboxylic acids is 4. The van der Waals surface area contributed by atoms with E-state index in [1.807, 2.05) is 0 Å². The smallest absolute Gasteiger partial charge is 0.335 e. The minimum Gasteiger partial charge on any atom is -0.516 e. The van der Waals surface area contributed by atoms with Crippen molar-refractivity contribution in [3.05, 3.63) is 108 Å². The van der Waals surface area contributed by atoms with Crippen LogP contribution >= 0.6 is 0 Å². The maximum absolute atomic E-state index is 11.8. The van der Waals surface area contributed by atoms with Gasteiger partial charge in [-0.1, -0.05) is 18.2 Å². The largest absolute Gasteiger partial charge is 0.516 e. The van der Waals surface area contributed by atoms with Gasteiger partial charge in [0.1, 0.15) is 18.3 Å². The zero-order chi connectivity index (χ0) is 49.7. The molecule has 2 aliphatic carbocycles. The van der Waals surface area contributed by atoms with Crippen molar-refractivity contribution in [1.82, 2.24) is 0 Å². The fourth-order valence-electron chi connectivity index (χ4n) is 5.52. The first-order valence-electron chi connectivity index (χ1n) is 18.6. The molecule has 0 heterocycles. The van der Waals surface area contributed by atoms with Gasteiger partial charge >= 0.3 is 29.8 Å². The maximum Gasteiger partial charge on any atom is 0.335 e. The van der Waals surface area contributed by atoms with Gasteiger partial charge in [0.05, 0.1) is 37.9 Å². The van der Waals surface area contributed by atoms with Gasteiger partial charge < -0.3 is 91.2 Å². The number of rotatable bonds is 12. The SMILES string of the molecule is COc1cc(/C=C/C(=O)O)ccc1O.O=C(/C=C\c1ccc(O)c(O)c1)O[C@@H]1CC(O)(C(=O)O)C[C@H](O)C1O.O=C(O)/C=C/C(=C/C=C/O)/C=C/O.O=C(O)C1(O)CC(O)C(O)[C@@H](O)C1. The average Bonchev–Trinajstić information content (AvgIpc) is 3.23. The number of allylic oxidation sites excluding steroid dienone is 5. The normalized spacial score (nSPS) is 25.4. The van der Waals surface area contributed by atoms with Crippen LogP contribution in [0.15, 0.2) is 97.0 Å². The van der Waals surface area contributed by atoms with Crippen LogP contribution in [0.2, 0.25) is 0 Å². The number of benzene rings is 2. The number of hydrogen-bond donors (Lipinski definition) is 16. The van der Waals surface area contributed by atoms with E-state index < -0.39 is 103 Å². The van der Waals surface area contributed by atoms with Crippen LogP contribution in [0.4, 0.5) is 0 Å². The highest BCUT2D eigenvalue weighted by molar-refractivity contribution is 5.87. The van der Waals surface area contributed by atoms with Crippen molar-refractivity contribution in [3.8, 4) is 23.0 Å². The van der Waals surface area contributed by atoms with E-state index in [9.17, 15) is 59.7 Å². The lowest BCUT2D eigenvalue weighted by Gasteiger charge is -2.39. The molecule has 2 aromatic rings. The number of carbonyl (C=O) groups is 5. The molecular weight excluding hydrogens is 872 g/mol. The van der Waals surface area contributed by atoms with Crippen LogP contribution in [-0.4, -0.2) is 166 Å². The van der Waals surface area contributed by atoms with Crippen molar-refractivity contribution in [2.24, 2.45) is 0 Å². The molecule has 23 nitrogen and oxygen atoms in total. The lowest BCUT2D eigenvalue weighted by Crippen LogP contribution is -2.57. The van der Waals surface area contributed by atoms with Gasteiger partial charge in [-0.15, -0.1) is 0 Å². The molecule has 23 heteroatoms. The molecule has 4 rings (SSSR count). The molecule has 2 saturated carbocycles. The second kappa shape index (κ2) is 26.4. The number of carbonyl (C=O) groups excluding carboxylic acids is 1. The third-order valence-electron chi connectivity index (χ3n) is 8.90. The summed E-state index contributed by atoms with van der Waals surface area (Å²) in [5, 5.41) is 145. The van der Waals surface area contributed by atoms with E-state index in [1.165, 1.54) is 67.8 Å². The van der Waals surface area contributed by atoms with E-state index in [0.717, 1.165) is 30.8 Å². The Bertz CT molecular complexity index is 2110. The maximum atomic E-state index is 11.8. The van der Waals surface area contributed by atoms with Crippen LogP contribution in [0.1, 0.15) is 36.8 Å². The Morgan fingerprint density at radius 1 is 0.600 bits per heavy atom. The zero-order valence-electron chi connectivity index (χ0n) is 34.1. The molecule has 8 atom stereocenters. The Kier molecular flexibility index (Phi) is 22.6. The van der Waals surface area contributed by atoms with Crippen LogP contribution in [0.3, 0.4) is 0 Å². The van der Waals surface area contributed by atoms with Gasteiger partial charge in [-0.25, -0.2) is 24.0 Å². The monoisotopic (exact) mass is 922 g/mol. The van der Waals surface area contributed by atoms with Crippen molar-refractivity contribution in [2.75, 3.05) is 7.11 Å². The molecule has 5 unspecified atom stereocenters. The molecule has 0 aliphatic heterocycles. The molecule has 0 bridgehead atoms. The molecular formula is C42H50O23. The molecule has 65 heavy (non-hydrogen) atoms. The van der Waals surface area contributed by atoms with Gasteiger partial charge in [-0.2, -0.15) is 0 Å². The number of aliphatic carboxylic acids is 4. The molecule has 2 aromatic carbocycles. The van der Waals surface area contributed by atoms with Crippen LogP contribution in [0.25, 0.3) is 12.2 Å². The number of methoxy groups -OCH3 is 1. The Morgan fingerprint density at radius 2 is 1.09 bits per heavy atom. The number of aromatic hydroxyl groups is 3. The Morgan fingerprint density at radius 3 is 1.57 bits per heavy atom. The highest BCUT2D eigenvalue weighted by atomic mass is 16.6. The van der Waals surface area contributed by atoms with Gasteiger partial charge in [-0.3, -0.25) is 0 Å². The summed E-state index contributed by atoms with van der Waals surface area (Å²) in [6.07, 6.45) is 1.68. The van der Waals surface area contributed by atoms with E-state index in [0.29, 0.717) is 22.4 Å². The summed E-state index contributed by atoms with van der Waals surface area (Å²) in [7, 11) is 1.43. The number of esters is 1. The molecule has 356 valence electrons. The molecule has 0 aromatic heterocycles. The fraction of sp³-hybridized carbons (Fsp3) is 0.310. The number of ether oxygens (including phenoxy) is 2. The fourth-order valence-corrected chi connectivity index (χ4v) is 5.52.